The van der Waals surface area contributed by atoms with Crippen LogP contribution in [0.25, 0.3) is 33.9 Å². The van der Waals surface area contributed by atoms with Gasteiger partial charge in [-0.1, -0.05) is 129 Å². The zero-order chi connectivity index (χ0) is 34.7. The van der Waals surface area contributed by atoms with Gasteiger partial charge >= 0.3 is 0 Å². The van der Waals surface area contributed by atoms with Crippen LogP contribution in [0.1, 0.15) is 60.9 Å². The molecule has 0 saturated carbocycles. The van der Waals surface area contributed by atoms with Gasteiger partial charge in [-0.15, -0.1) is 0 Å². The van der Waals surface area contributed by atoms with Crippen LogP contribution in [-0.4, -0.2) is 0 Å². The number of para-hydroxylation sites is 1. The van der Waals surface area contributed by atoms with Gasteiger partial charge in [-0.25, -0.2) is 0 Å². The largest absolute Gasteiger partial charge is 0.358 e. The summed E-state index contributed by atoms with van der Waals surface area (Å²) in [6, 6.07) is 30.2. The van der Waals surface area contributed by atoms with E-state index >= 15 is 0 Å². The van der Waals surface area contributed by atoms with Crippen molar-refractivity contribution in [2.75, 3.05) is 10.6 Å². The molecule has 0 atom stereocenters. The minimum absolute atomic E-state index is 0.935. The smallest absolute Gasteiger partial charge is 0.0464 e. The zero-order valence-corrected chi connectivity index (χ0v) is 29.3. The Kier molecular flexibility index (Phi) is 11.2. The van der Waals surface area contributed by atoms with Gasteiger partial charge in [0.1, 0.15) is 0 Å². The lowest BCUT2D eigenvalue weighted by Crippen LogP contribution is -2.06. The van der Waals surface area contributed by atoms with E-state index in [0.29, 0.717) is 0 Å². The van der Waals surface area contributed by atoms with E-state index in [9.17, 15) is 0 Å². The van der Waals surface area contributed by atoms with Crippen molar-refractivity contribution in [3.05, 3.63) is 198 Å². The van der Waals surface area contributed by atoms with Crippen molar-refractivity contribution >= 4 is 39.9 Å². The maximum absolute atomic E-state index is 4.49. The number of aryl methyl sites for hydroxylation is 1. The number of benzene rings is 4. The molecule has 0 bridgehead atoms. The molecule has 0 saturated heterocycles. The highest BCUT2D eigenvalue weighted by Crippen LogP contribution is 2.37. The molecule has 4 aromatic carbocycles. The summed E-state index contributed by atoms with van der Waals surface area (Å²) in [6.45, 7) is 13.0. The molecule has 4 aromatic rings. The second-order valence-corrected chi connectivity index (χ2v) is 12.7. The van der Waals surface area contributed by atoms with Crippen molar-refractivity contribution in [2.24, 2.45) is 0 Å². The molecule has 2 aliphatic carbocycles. The first-order chi connectivity index (χ1) is 24.5. The van der Waals surface area contributed by atoms with Crippen molar-refractivity contribution in [2.45, 2.75) is 39.5 Å². The molecule has 50 heavy (non-hydrogen) atoms. The number of fused-ring (bicyclic) bond motifs is 1. The predicted octanol–water partition coefficient (Wildman–Crippen LogP) is 13.5. The summed E-state index contributed by atoms with van der Waals surface area (Å²) in [4.78, 5) is 0. The number of rotatable bonds is 12. The average Bonchev–Trinajstić information content (AvgIpc) is 3.16. The van der Waals surface area contributed by atoms with Crippen LogP contribution in [0.5, 0.6) is 0 Å². The summed E-state index contributed by atoms with van der Waals surface area (Å²) < 4.78 is 0. The van der Waals surface area contributed by atoms with E-state index in [2.05, 4.69) is 127 Å². The molecule has 0 amide bonds. The number of allylic oxidation sites excluding steroid dienone is 15. The Morgan fingerprint density at radius 1 is 0.640 bits per heavy atom. The molecule has 2 nitrogen and oxygen atoms in total. The first-order valence-corrected chi connectivity index (χ1v) is 17.6. The quantitative estimate of drug-likeness (QED) is 0.149. The van der Waals surface area contributed by atoms with Gasteiger partial charge in [-0.2, -0.15) is 0 Å². The molecule has 0 aliphatic heterocycles. The predicted molar refractivity (Wildman–Crippen MR) is 220 cm³/mol. The Morgan fingerprint density at radius 3 is 1.92 bits per heavy atom. The molecular formula is C48H46N2. The Hall–Kier alpha value is -5.86. The Bertz CT molecular complexity index is 2090. The Balaban J connectivity index is 1.33. The lowest BCUT2D eigenvalue weighted by Gasteiger charge is -2.22. The molecule has 0 unspecified atom stereocenters. The minimum atomic E-state index is 0.935. The topological polar surface area (TPSA) is 24.1 Å². The van der Waals surface area contributed by atoms with Gasteiger partial charge in [-0.3, -0.25) is 0 Å². The van der Waals surface area contributed by atoms with Crippen LogP contribution in [0, 0.1) is 0 Å². The maximum Gasteiger partial charge on any atom is 0.0464 e. The van der Waals surface area contributed by atoms with Crippen LogP contribution in [0.2, 0.25) is 0 Å². The van der Waals surface area contributed by atoms with Crippen LogP contribution < -0.4 is 10.6 Å². The van der Waals surface area contributed by atoms with Gasteiger partial charge in [0.05, 0.1) is 0 Å². The van der Waals surface area contributed by atoms with Gasteiger partial charge in [0.2, 0.25) is 0 Å². The molecule has 0 aromatic heterocycles. The molecule has 6 rings (SSSR count). The molecule has 0 radical (unpaired) electrons. The van der Waals surface area contributed by atoms with Crippen LogP contribution in [0.4, 0.5) is 17.1 Å². The fourth-order valence-corrected chi connectivity index (χ4v) is 6.51. The fraction of sp³-hybridized carbons (Fsp3) is 0.125. The first kappa shape index (κ1) is 34.0. The van der Waals surface area contributed by atoms with Crippen molar-refractivity contribution in [1.29, 1.82) is 0 Å². The van der Waals surface area contributed by atoms with Crippen molar-refractivity contribution in [3.8, 4) is 11.1 Å². The zero-order valence-electron chi connectivity index (χ0n) is 29.3. The van der Waals surface area contributed by atoms with Gasteiger partial charge < -0.3 is 10.6 Å². The van der Waals surface area contributed by atoms with E-state index < -0.39 is 0 Å². The summed E-state index contributed by atoms with van der Waals surface area (Å²) in [7, 11) is 0. The highest BCUT2D eigenvalue weighted by Gasteiger charge is 2.17. The van der Waals surface area contributed by atoms with E-state index in [1.54, 1.807) is 0 Å². The van der Waals surface area contributed by atoms with Gasteiger partial charge in [-0.05, 0) is 127 Å². The highest BCUT2D eigenvalue weighted by atomic mass is 14.9. The van der Waals surface area contributed by atoms with Crippen LogP contribution in [-0.2, 0) is 6.42 Å². The van der Waals surface area contributed by atoms with Gasteiger partial charge in [0.15, 0.2) is 0 Å². The fourth-order valence-electron chi connectivity index (χ4n) is 6.51. The summed E-state index contributed by atoms with van der Waals surface area (Å²) >= 11 is 0. The van der Waals surface area contributed by atoms with Crippen molar-refractivity contribution < 1.29 is 0 Å². The lowest BCUT2D eigenvalue weighted by molar-refractivity contribution is 0.966. The number of anilines is 3. The van der Waals surface area contributed by atoms with Gasteiger partial charge in [0, 0.05) is 33.9 Å². The summed E-state index contributed by atoms with van der Waals surface area (Å²) in [5.41, 5.74) is 16.1. The molecule has 2 aliphatic rings. The van der Waals surface area contributed by atoms with Crippen molar-refractivity contribution in [3.63, 3.8) is 0 Å². The third kappa shape index (κ3) is 8.22. The minimum Gasteiger partial charge on any atom is -0.358 e. The van der Waals surface area contributed by atoms with Gasteiger partial charge in [0.25, 0.3) is 0 Å². The van der Waals surface area contributed by atoms with E-state index in [4.69, 9.17) is 0 Å². The van der Waals surface area contributed by atoms with E-state index in [0.717, 1.165) is 76.1 Å². The Labute approximate surface area is 298 Å². The molecule has 2 N–H and O–H groups in total. The molecule has 0 spiro atoms. The monoisotopic (exact) mass is 650 g/mol. The second kappa shape index (κ2) is 16.5. The SMILES string of the molecule is C=C(/C=C\C=C/C)c1cc(-c2ccc(Nc3ccccc3)c(C(=C)/C=C\C=C/C)c2)ccc1NC1=CC=C(c2cccc3c2C=CCC3)CC1. The normalized spacial score (nSPS) is 14.3. The van der Waals surface area contributed by atoms with E-state index in [1.165, 1.54) is 28.0 Å². The van der Waals surface area contributed by atoms with E-state index in [1.807, 2.05) is 68.5 Å². The van der Waals surface area contributed by atoms with Crippen LogP contribution >= 0.6 is 0 Å². The number of hydrogen-bond donors (Lipinski definition) is 2. The summed E-state index contributed by atoms with van der Waals surface area (Å²) in [5, 5.41) is 7.38. The number of nitrogens with one attached hydrogen (secondary N) is 2. The summed E-state index contributed by atoms with van der Waals surface area (Å²) in [5.74, 6) is 0. The molecule has 2 heteroatoms. The van der Waals surface area contributed by atoms with E-state index in [-0.39, 0.29) is 0 Å². The van der Waals surface area contributed by atoms with Crippen LogP contribution in [0.3, 0.4) is 0 Å². The third-order valence-electron chi connectivity index (χ3n) is 9.17. The first-order valence-electron chi connectivity index (χ1n) is 17.6. The molecule has 0 heterocycles. The molecular weight excluding hydrogens is 605 g/mol. The van der Waals surface area contributed by atoms with Crippen molar-refractivity contribution in [1.82, 2.24) is 0 Å². The standard InChI is InChI=1S/C48H46N2/c1-5-7-10-17-35(3)45-33-39(27-31-47(45)49-41-21-12-9-13-22-41)40-28-32-48(46(34-40)36(4)18-11-8-6-2)50-42-29-25-38(26-30-42)44-24-16-20-37-19-14-15-23-43(37)44/h5-13,15-18,20-25,27-29,31-34,49-50H,3-4,14,19,26,30H2,1-2H3/b7-5-,8-6-,17-10-,18-11-. The second-order valence-electron chi connectivity index (χ2n) is 12.7. The Morgan fingerprint density at radius 2 is 1.30 bits per heavy atom. The maximum atomic E-state index is 4.49. The molecule has 248 valence electrons. The highest BCUT2D eigenvalue weighted by molar-refractivity contribution is 5.89. The lowest BCUT2D eigenvalue weighted by atomic mass is 9.87. The molecule has 0 fully saturated rings. The summed E-state index contributed by atoms with van der Waals surface area (Å²) in [6.07, 6.45) is 29.7. The van der Waals surface area contributed by atoms with Crippen LogP contribution in [0.15, 0.2) is 171 Å². The number of hydrogen-bond acceptors (Lipinski definition) is 2. The average molecular weight is 651 g/mol. The third-order valence-corrected chi connectivity index (χ3v) is 9.17.